The molecule has 0 saturated carbocycles. The monoisotopic (exact) mass is 1010 g/mol. The van der Waals surface area contributed by atoms with Crippen LogP contribution < -0.4 is 0 Å². The van der Waals surface area contributed by atoms with Crippen LogP contribution in [-0.4, -0.2) is 22.9 Å². The molecule has 4 atom stereocenters. The molecule has 11 rings (SSSR count). The predicted octanol–water partition coefficient (Wildman–Crippen LogP) is 16.6. The van der Waals surface area contributed by atoms with Gasteiger partial charge < -0.3 is 0 Å². The van der Waals surface area contributed by atoms with Crippen molar-refractivity contribution >= 4 is 67.1 Å². The minimum absolute atomic E-state index is 0.166. The maximum atomic E-state index is 9.29. The van der Waals surface area contributed by atoms with Gasteiger partial charge in [0.25, 0.3) is 0 Å². The van der Waals surface area contributed by atoms with E-state index in [1.54, 1.807) is 0 Å². The van der Waals surface area contributed by atoms with E-state index in [9.17, 15) is 19.4 Å². The van der Waals surface area contributed by atoms with E-state index in [0.717, 1.165) is 13.6 Å². The van der Waals surface area contributed by atoms with Crippen molar-refractivity contribution in [3.05, 3.63) is 261 Å². The Bertz CT molecular complexity index is 3590. The topological polar surface area (TPSA) is 19.7 Å². The zero-order valence-corrected chi connectivity index (χ0v) is 41.9. The van der Waals surface area contributed by atoms with Crippen LogP contribution in [0.2, 0.25) is 0 Å². The van der Waals surface area contributed by atoms with Crippen LogP contribution in [0.5, 0.6) is 0 Å². The molecule has 0 aliphatic rings. The van der Waals surface area contributed by atoms with E-state index in [4.69, 9.17) is 0 Å². The first-order valence-corrected chi connectivity index (χ1v) is 30.6. The van der Waals surface area contributed by atoms with Gasteiger partial charge in [0.1, 0.15) is 0 Å². The fraction of sp³-hybridized carbons (Fsp3) is 0.131. The number of hydrogen-bond donors (Lipinski definition) is 0. The zero-order chi connectivity index (χ0) is 46.6. The number of imidazole rings is 2. The molecule has 0 aliphatic heterocycles. The Balaban J connectivity index is 1.40. The van der Waals surface area contributed by atoms with Crippen LogP contribution in [0.3, 0.4) is 0 Å². The van der Waals surface area contributed by atoms with Gasteiger partial charge in [-0.25, -0.2) is 0 Å². The minimum atomic E-state index is -5.61. The molecule has 68 heavy (non-hydrogen) atoms. The van der Waals surface area contributed by atoms with Crippen molar-refractivity contribution in [2.75, 3.05) is 0 Å². The number of nitrogens with zero attached hydrogens (tertiary/aromatic N) is 4. The number of halogens is 2. The van der Waals surface area contributed by atoms with E-state index in [1.165, 1.54) is 65.3 Å². The van der Waals surface area contributed by atoms with Crippen molar-refractivity contribution in [1.82, 2.24) is 18.3 Å². The third-order valence-corrected chi connectivity index (χ3v) is 23.9. The van der Waals surface area contributed by atoms with Crippen LogP contribution in [0.15, 0.2) is 225 Å². The Morgan fingerprint density at radius 1 is 0.324 bits per heavy atom. The van der Waals surface area contributed by atoms with Crippen LogP contribution in [-0.2, 0) is 10.3 Å². The molecule has 0 saturated heterocycles. The summed E-state index contributed by atoms with van der Waals surface area (Å²) >= 11 is 0. The van der Waals surface area contributed by atoms with Gasteiger partial charge in [0.2, 0.25) is 0 Å². The van der Waals surface area contributed by atoms with Gasteiger partial charge in [0.05, 0.1) is 0 Å². The summed E-state index contributed by atoms with van der Waals surface area (Å²) in [6.45, 7) is 9.18. The zero-order valence-electron chi connectivity index (χ0n) is 38.6. The summed E-state index contributed by atoms with van der Waals surface area (Å²) in [6.07, 6.45) is 8.91. The van der Waals surface area contributed by atoms with Gasteiger partial charge in [-0.05, 0) is 0 Å². The molecule has 0 bridgehead atoms. The molecular formula is C61H54Cl2N4Ru. The Morgan fingerprint density at radius 2 is 0.574 bits per heavy atom. The quantitative estimate of drug-likeness (QED) is 0.128. The van der Waals surface area contributed by atoms with Gasteiger partial charge in [-0.2, -0.15) is 0 Å². The Hall–Kier alpha value is -6.49. The van der Waals surface area contributed by atoms with Crippen LogP contribution in [0.25, 0.3) is 43.1 Å². The molecule has 4 nitrogen and oxygen atoms in total. The Morgan fingerprint density at radius 3 is 0.868 bits per heavy atom. The fourth-order valence-electron chi connectivity index (χ4n) is 10.5. The van der Waals surface area contributed by atoms with Crippen LogP contribution in [0.1, 0.15) is 79.7 Å². The second-order valence-corrected chi connectivity index (χ2v) is 31.2. The number of rotatable bonds is 9. The molecular weight excluding hydrogens is 961 g/mol. The van der Waals surface area contributed by atoms with E-state index in [1.807, 2.05) is 0 Å². The van der Waals surface area contributed by atoms with E-state index in [-0.39, 0.29) is 24.2 Å². The van der Waals surface area contributed by atoms with E-state index in [0.29, 0.717) is 0 Å². The van der Waals surface area contributed by atoms with Gasteiger partial charge in [0, 0.05) is 0 Å². The van der Waals surface area contributed by atoms with Gasteiger partial charge in [-0.15, -0.1) is 0 Å². The van der Waals surface area contributed by atoms with E-state index in [2.05, 4.69) is 276 Å². The summed E-state index contributed by atoms with van der Waals surface area (Å²) in [5.74, 6) is 0. The summed E-state index contributed by atoms with van der Waals surface area (Å²) in [5, 5.41) is 9.56. The molecule has 0 fully saturated rings. The molecule has 7 heteroatoms. The molecule has 0 unspecified atom stereocenters. The maximum absolute atomic E-state index is 9.29. The molecule has 11 aromatic rings. The molecule has 2 aromatic heterocycles. The Labute approximate surface area is 405 Å². The average Bonchev–Trinajstić information content (AvgIpc) is 4.06. The van der Waals surface area contributed by atoms with E-state index >= 15 is 0 Å². The van der Waals surface area contributed by atoms with Crippen molar-refractivity contribution in [2.45, 2.75) is 51.9 Å². The van der Waals surface area contributed by atoms with E-state index < -0.39 is 10.3 Å². The SMILES string of the molecule is C[C@H](c1cccc2ccccc12)n1ccn([C@H](C)c2cccc3ccccc23)[c]1=[Ru]([Cl])([Cl])(=[CH]c1ccccc1)=[c]1n([C@H](C)c2cccc3ccccc23)ccn1[C@H](C)c1cccc2ccccc12. The number of fused-ring (bicyclic) bond motifs is 4. The van der Waals surface area contributed by atoms with Crippen molar-refractivity contribution in [3.8, 4) is 0 Å². The first kappa shape index (κ1) is 44.0. The van der Waals surface area contributed by atoms with Gasteiger partial charge in [0.15, 0.2) is 0 Å². The standard InChI is InChI=1S/2C27H24N2.C7H6.2ClH.Ru/c2*1-20(24-15-7-11-22-9-3-5-13-26(22)24)28-17-18-29(19-28)21(2)25-16-8-12-23-10-4-6-14-27(23)25;1-7-5-3-2-4-6-7;;;/h2*3-18,20-21H,1-2H3;1-6H;2*1H;/q;;;;;+2/p-2/t2*20-,21-;;;;/m11..../s1. The normalized spacial score (nSPS) is 14.4. The third-order valence-electron chi connectivity index (χ3n) is 14.0. The summed E-state index contributed by atoms with van der Waals surface area (Å²) in [4.78, 5) is 0. The number of hydrogen-bond acceptors (Lipinski definition) is 0. The van der Waals surface area contributed by atoms with Crippen LogP contribution >= 0.6 is 19.4 Å². The molecule has 2 heterocycles. The van der Waals surface area contributed by atoms with Crippen molar-refractivity contribution < 1.29 is 10.3 Å². The fourth-order valence-corrected chi connectivity index (χ4v) is 22.2. The second kappa shape index (κ2) is 17.5. The molecule has 340 valence electrons. The predicted molar refractivity (Wildman–Crippen MR) is 286 cm³/mol. The molecule has 0 spiro atoms. The summed E-state index contributed by atoms with van der Waals surface area (Å²) in [7, 11) is 13.0. The third kappa shape index (κ3) is 7.44. The van der Waals surface area contributed by atoms with Crippen molar-refractivity contribution in [2.24, 2.45) is 0 Å². The molecule has 0 amide bonds. The number of aromatic nitrogens is 4. The van der Waals surface area contributed by atoms with Gasteiger partial charge >= 0.3 is 408 Å². The summed E-state index contributed by atoms with van der Waals surface area (Å²) < 4.78 is 13.7. The molecule has 0 aliphatic carbocycles. The average molecular weight is 1020 g/mol. The van der Waals surface area contributed by atoms with Crippen LogP contribution in [0.4, 0.5) is 0 Å². The first-order valence-electron chi connectivity index (χ1n) is 23.4. The summed E-state index contributed by atoms with van der Waals surface area (Å²) in [6, 6.07) is 71.0. The van der Waals surface area contributed by atoms with Crippen LogP contribution in [0, 0.1) is 8.03 Å². The molecule has 0 radical (unpaired) electrons. The first-order chi connectivity index (χ1) is 33.1. The Kier molecular flexibility index (Phi) is 11.4. The van der Waals surface area contributed by atoms with Gasteiger partial charge in [-0.3, -0.25) is 0 Å². The molecule has 0 N–H and O–H groups in total. The van der Waals surface area contributed by atoms with Crippen molar-refractivity contribution in [1.29, 1.82) is 0 Å². The summed E-state index contributed by atoms with van der Waals surface area (Å²) in [5.41, 5.74) is 5.75. The van der Waals surface area contributed by atoms with Crippen molar-refractivity contribution in [3.63, 3.8) is 0 Å². The molecule has 9 aromatic carbocycles. The number of benzene rings is 9. The van der Waals surface area contributed by atoms with Gasteiger partial charge in [-0.1, -0.05) is 0 Å². The second-order valence-electron chi connectivity index (χ2n) is 18.0.